The third-order valence-corrected chi connectivity index (χ3v) is 8.49. The summed E-state index contributed by atoms with van der Waals surface area (Å²) in [6.07, 6.45) is 2.35. The van der Waals surface area contributed by atoms with Gasteiger partial charge in [-0.05, 0) is 57.9 Å². The van der Waals surface area contributed by atoms with Gasteiger partial charge < -0.3 is 44.8 Å². The zero-order valence-electron chi connectivity index (χ0n) is 26.7. The third-order valence-electron chi connectivity index (χ3n) is 7.67. The highest BCUT2D eigenvalue weighted by Gasteiger charge is 2.42. The van der Waals surface area contributed by atoms with Crippen LogP contribution in [0, 0.1) is 0 Å². The number of aliphatic hydroxyl groups is 2. The molecule has 5 rings (SSSR count). The van der Waals surface area contributed by atoms with Crippen molar-refractivity contribution in [2.24, 2.45) is 0 Å². The number of aromatic carboxylic acids is 1. The Bertz CT molecular complexity index is 1740. The molecule has 1 amide bonds. The molecule has 48 heavy (non-hydrogen) atoms. The molecule has 2 aromatic carbocycles. The predicted molar refractivity (Wildman–Crippen MR) is 178 cm³/mol. The first kappa shape index (κ1) is 37.2. The molecule has 4 aromatic rings. The van der Waals surface area contributed by atoms with Crippen molar-refractivity contribution in [2.75, 3.05) is 33.0 Å². The number of aromatic nitrogens is 2. The molecule has 0 bridgehead atoms. The van der Waals surface area contributed by atoms with Crippen molar-refractivity contribution < 1.29 is 47.9 Å². The van der Waals surface area contributed by atoms with Gasteiger partial charge in [0.2, 0.25) is 5.92 Å². The van der Waals surface area contributed by atoms with Crippen molar-refractivity contribution in [3.05, 3.63) is 57.8 Å². The smallest absolute Gasteiger partial charge is 0.337 e. The lowest BCUT2D eigenvalue weighted by Gasteiger charge is -2.35. The van der Waals surface area contributed by atoms with E-state index in [1.165, 1.54) is 12.1 Å². The molecule has 15 heteroatoms. The van der Waals surface area contributed by atoms with Crippen LogP contribution in [0.2, 0.25) is 10.0 Å². The lowest BCUT2D eigenvalue weighted by atomic mass is 9.82. The van der Waals surface area contributed by atoms with Crippen LogP contribution >= 0.6 is 23.2 Å². The number of carboxylic acid groups (broad SMARTS) is 1. The van der Waals surface area contributed by atoms with Crippen molar-refractivity contribution in [1.82, 2.24) is 15.3 Å². The minimum atomic E-state index is -2.77. The average molecular weight is 715 g/mol. The number of aromatic amines is 2. The fourth-order valence-electron chi connectivity index (χ4n) is 5.14. The van der Waals surface area contributed by atoms with Gasteiger partial charge in [0.25, 0.3) is 5.91 Å². The number of hydrogen-bond acceptors (Lipinski definition) is 7. The fraction of sp³-hybridized carbons (Fsp3) is 0.455. The van der Waals surface area contributed by atoms with E-state index in [-0.39, 0.29) is 59.4 Å². The Morgan fingerprint density at radius 3 is 1.94 bits per heavy atom. The molecule has 0 spiro atoms. The van der Waals surface area contributed by atoms with Gasteiger partial charge in [0.15, 0.2) is 0 Å². The SMILES string of the molecule is CC(C)(C)OCCOc1cc(C(=O)O)c(Cl)c2cc[nH]c12.O=C(NCC1(O)CCC(F)(F)CC1)c1cc(OCCO)c2[nH]ccc2c1Cl. The van der Waals surface area contributed by atoms with Gasteiger partial charge in [-0.3, -0.25) is 4.79 Å². The molecule has 0 aliphatic heterocycles. The maximum absolute atomic E-state index is 13.3. The van der Waals surface area contributed by atoms with Gasteiger partial charge in [0.05, 0.1) is 56.6 Å². The Kier molecular flexibility index (Phi) is 11.9. The van der Waals surface area contributed by atoms with Crippen LogP contribution in [0.15, 0.2) is 36.7 Å². The van der Waals surface area contributed by atoms with Crippen LogP contribution < -0.4 is 14.8 Å². The Morgan fingerprint density at radius 1 is 0.896 bits per heavy atom. The van der Waals surface area contributed by atoms with Crippen molar-refractivity contribution in [2.45, 2.75) is 63.6 Å². The molecule has 262 valence electrons. The van der Waals surface area contributed by atoms with Crippen molar-refractivity contribution in [1.29, 1.82) is 0 Å². The molecule has 1 aliphatic rings. The first-order valence-electron chi connectivity index (χ1n) is 15.3. The molecule has 0 unspecified atom stereocenters. The quantitative estimate of drug-likeness (QED) is 0.0949. The maximum atomic E-state index is 13.3. The number of carbonyl (C=O) groups excluding carboxylic acids is 1. The number of H-pyrrole nitrogens is 2. The zero-order chi connectivity index (χ0) is 35.3. The number of halogens is 4. The molecule has 0 atom stereocenters. The maximum Gasteiger partial charge on any atom is 0.337 e. The van der Waals surface area contributed by atoms with Crippen molar-refractivity contribution in [3.63, 3.8) is 0 Å². The Morgan fingerprint density at radius 2 is 1.42 bits per heavy atom. The van der Waals surface area contributed by atoms with Crippen LogP contribution in [0.5, 0.6) is 11.5 Å². The molecular weight excluding hydrogens is 675 g/mol. The summed E-state index contributed by atoms with van der Waals surface area (Å²) in [6.45, 7) is 6.33. The lowest BCUT2D eigenvalue weighted by molar-refractivity contribution is -0.101. The highest BCUT2D eigenvalue weighted by Crippen LogP contribution is 2.39. The summed E-state index contributed by atoms with van der Waals surface area (Å²) < 4.78 is 43.2. The molecular formula is C33H39Cl2F2N3O8. The van der Waals surface area contributed by atoms with Crippen molar-refractivity contribution >= 4 is 56.9 Å². The van der Waals surface area contributed by atoms with E-state index in [9.17, 15) is 28.6 Å². The molecule has 1 fully saturated rings. The lowest BCUT2D eigenvalue weighted by Crippen LogP contribution is -2.47. The predicted octanol–water partition coefficient (Wildman–Crippen LogP) is 6.58. The second kappa shape index (κ2) is 15.3. The van der Waals surface area contributed by atoms with E-state index in [0.29, 0.717) is 46.5 Å². The van der Waals surface area contributed by atoms with Crippen LogP contribution in [0.25, 0.3) is 21.8 Å². The minimum Gasteiger partial charge on any atom is -0.489 e. The molecule has 11 nitrogen and oxygen atoms in total. The molecule has 6 N–H and O–H groups in total. The standard InChI is InChI=1S/C18H21ClF2N2O4.C15H18ClNO4/c19-14-11-1-6-22-15(11)13(27-8-7-24)9-12(14)16(25)23-10-17(26)2-4-18(20,21)5-3-17;1-15(2,3)21-7-6-20-11-8-10(14(18)19)12(16)9-4-5-17-13(9)11/h1,6,9,22,24,26H,2-5,7-8,10H2,(H,23,25);4-5,8,17H,6-7H2,1-3H3,(H,18,19). The summed E-state index contributed by atoms with van der Waals surface area (Å²) in [6, 6.07) is 6.30. The number of alkyl halides is 2. The largest absolute Gasteiger partial charge is 0.489 e. The van der Waals surface area contributed by atoms with E-state index in [1.807, 2.05) is 20.8 Å². The van der Waals surface area contributed by atoms with Crippen LogP contribution in [0.3, 0.4) is 0 Å². The van der Waals surface area contributed by atoms with Crippen LogP contribution in [-0.2, 0) is 4.74 Å². The van der Waals surface area contributed by atoms with Gasteiger partial charge in [-0.1, -0.05) is 23.2 Å². The molecule has 1 saturated carbocycles. The number of carbonyl (C=O) groups is 2. The Balaban J connectivity index is 0.000000224. The van der Waals surface area contributed by atoms with Gasteiger partial charge in [0, 0.05) is 42.6 Å². The van der Waals surface area contributed by atoms with Gasteiger partial charge in [0.1, 0.15) is 24.7 Å². The monoisotopic (exact) mass is 713 g/mol. The summed E-state index contributed by atoms with van der Waals surface area (Å²) in [5.41, 5.74) is -0.161. The molecule has 2 heterocycles. The van der Waals surface area contributed by atoms with Crippen LogP contribution in [-0.4, -0.2) is 87.3 Å². The summed E-state index contributed by atoms with van der Waals surface area (Å²) in [4.78, 5) is 29.8. The zero-order valence-corrected chi connectivity index (χ0v) is 28.2. The minimum absolute atomic E-state index is 0.0236. The highest BCUT2D eigenvalue weighted by molar-refractivity contribution is 6.39. The third kappa shape index (κ3) is 9.29. The number of ether oxygens (including phenoxy) is 3. The number of benzene rings is 2. The summed E-state index contributed by atoms with van der Waals surface area (Å²) in [5.74, 6) is -3.58. The molecule has 0 saturated heterocycles. The normalized spacial score (nSPS) is 15.5. The number of aliphatic hydroxyl groups excluding tert-OH is 1. The second-order valence-corrected chi connectivity index (χ2v) is 13.2. The van der Waals surface area contributed by atoms with Gasteiger partial charge in [-0.2, -0.15) is 0 Å². The number of carboxylic acids is 1. The Hall–Kier alpha value is -3.62. The summed E-state index contributed by atoms with van der Waals surface area (Å²) >= 11 is 12.4. The van der Waals surface area contributed by atoms with E-state index in [2.05, 4.69) is 15.3 Å². The van der Waals surface area contributed by atoms with Crippen LogP contribution in [0.1, 0.15) is 67.2 Å². The van der Waals surface area contributed by atoms with E-state index >= 15 is 0 Å². The average Bonchev–Trinajstić information content (AvgIpc) is 3.72. The topological polar surface area (TPSA) is 166 Å². The number of nitrogens with one attached hydrogen (secondary N) is 3. The molecule has 0 radical (unpaired) electrons. The van der Waals surface area contributed by atoms with Crippen molar-refractivity contribution in [3.8, 4) is 11.5 Å². The second-order valence-electron chi connectivity index (χ2n) is 12.5. The van der Waals surface area contributed by atoms with Gasteiger partial charge in [-0.25, -0.2) is 13.6 Å². The molecule has 2 aromatic heterocycles. The number of rotatable bonds is 11. The number of hydrogen-bond donors (Lipinski definition) is 6. The van der Waals surface area contributed by atoms with Gasteiger partial charge in [-0.15, -0.1) is 0 Å². The fourth-order valence-corrected chi connectivity index (χ4v) is 5.73. The number of fused-ring (bicyclic) bond motifs is 2. The Labute approximate surface area is 285 Å². The first-order chi connectivity index (χ1) is 22.5. The summed E-state index contributed by atoms with van der Waals surface area (Å²) in [7, 11) is 0. The van der Waals surface area contributed by atoms with Crippen LogP contribution in [0.4, 0.5) is 8.78 Å². The molecule has 1 aliphatic carbocycles. The highest BCUT2D eigenvalue weighted by atomic mass is 35.5. The van der Waals surface area contributed by atoms with E-state index in [4.69, 9.17) is 42.5 Å². The van der Waals surface area contributed by atoms with Gasteiger partial charge >= 0.3 is 5.97 Å². The number of amides is 1. The van der Waals surface area contributed by atoms with E-state index < -0.39 is 36.2 Å². The van der Waals surface area contributed by atoms with E-state index in [1.54, 1.807) is 24.5 Å². The van der Waals surface area contributed by atoms with E-state index in [0.717, 1.165) is 0 Å². The first-order valence-corrected chi connectivity index (χ1v) is 16.0. The summed E-state index contributed by atoms with van der Waals surface area (Å²) in [5, 5.41) is 32.8.